The van der Waals surface area contributed by atoms with Gasteiger partial charge in [-0.2, -0.15) is 0 Å². The van der Waals surface area contributed by atoms with E-state index in [1.54, 1.807) is 4.90 Å². The number of fused-ring (bicyclic) bond motifs is 3. The Morgan fingerprint density at radius 1 is 0.968 bits per heavy atom. The number of rotatable bonds is 4. The molecule has 1 aromatic rings. The Labute approximate surface area is 198 Å². The monoisotopic (exact) mass is 456 g/mol. The van der Waals surface area contributed by atoms with Crippen LogP contribution < -0.4 is 0 Å². The Kier molecular flexibility index (Phi) is 9.47. The van der Waals surface area contributed by atoms with Crippen LogP contribution in [0.25, 0.3) is 0 Å². The summed E-state index contributed by atoms with van der Waals surface area (Å²) in [6, 6.07) is 8.32. The molecule has 0 spiro atoms. The minimum Gasteiger partial charge on any atom is -0.332 e. The van der Waals surface area contributed by atoms with Crippen molar-refractivity contribution in [2.24, 2.45) is 0 Å². The minimum atomic E-state index is 0. The number of hydrogen-bond donors (Lipinski definition) is 0. The summed E-state index contributed by atoms with van der Waals surface area (Å²) < 4.78 is 0. The largest absolute Gasteiger partial charge is 2.00 e. The molecule has 4 nitrogen and oxygen atoms in total. The first-order chi connectivity index (χ1) is 14.7. The molecule has 4 aliphatic rings. The van der Waals surface area contributed by atoms with E-state index in [0.29, 0.717) is 13.0 Å². The van der Waals surface area contributed by atoms with Gasteiger partial charge in [-0.05, 0) is 94.1 Å². The molecule has 0 N–H and O–H groups in total. The van der Waals surface area contributed by atoms with Crippen LogP contribution in [0.5, 0.6) is 0 Å². The van der Waals surface area contributed by atoms with Gasteiger partial charge in [-0.1, -0.05) is 24.3 Å². The van der Waals surface area contributed by atoms with E-state index in [2.05, 4.69) is 25.0 Å². The molecule has 1 saturated heterocycles. The zero-order valence-corrected chi connectivity index (χ0v) is 18.7. The number of amides is 2. The number of carbonyl (C=O) groups is 2. The molecule has 0 bridgehead atoms. The van der Waals surface area contributed by atoms with E-state index >= 15 is 0 Å². The Morgan fingerprint density at radius 2 is 1.65 bits per heavy atom. The second kappa shape index (κ2) is 12.1. The number of piperazine rings is 1. The molecule has 1 aromatic carbocycles. The van der Waals surface area contributed by atoms with Crippen molar-refractivity contribution in [3.63, 3.8) is 0 Å². The summed E-state index contributed by atoms with van der Waals surface area (Å²) in [6.45, 7) is 1.62. The van der Waals surface area contributed by atoms with Crippen LogP contribution in [0.15, 0.2) is 24.3 Å². The summed E-state index contributed by atoms with van der Waals surface area (Å²) in [6.07, 6.45) is 21.4. The zero-order chi connectivity index (χ0) is 20.8. The molecule has 1 atom stereocenters. The molecular formula is C26H28FeN2O2+2. The molecule has 5 rings (SSSR count). The molecule has 160 valence electrons. The van der Waals surface area contributed by atoms with E-state index in [-0.39, 0.29) is 41.5 Å². The van der Waals surface area contributed by atoms with Gasteiger partial charge < -0.3 is 9.80 Å². The van der Waals surface area contributed by atoms with Gasteiger partial charge in [-0.15, -0.1) is 0 Å². The van der Waals surface area contributed by atoms with Crippen molar-refractivity contribution in [2.75, 3.05) is 19.6 Å². The average molecular weight is 456 g/mol. The minimum absolute atomic E-state index is 0. The van der Waals surface area contributed by atoms with Crippen LogP contribution in [0.4, 0.5) is 0 Å². The van der Waals surface area contributed by atoms with Gasteiger partial charge in [0.25, 0.3) is 0 Å². The fraction of sp³-hybridized carbons (Fsp3) is 0.308. The van der Waals surface area contributed by atoms with Crippen molar-refractivity contribution in [3.05, 3.63) is 99.1 Å². The third-order valence-corrected chi connectivity index (χ3v) is 5.95. The van der Waals surface area contributed by atoms with Crippen molar-refractivity contribution < 1.29 is 26.7 Å². The number of benzene rings is 1. The van der Waals surface area contributed by atoms with Crippen molar-refractivity contribution in [2.45, 2.75) is 31.7 Å². The summed E-state index contributed by atoms with van der Waals surface area (Å²) in [5, 5.41) is 0. The Morgan fingerprint density at radius 3 is 2.35 bits per heavy atom. The number of nitrogens with zero attached hydrogens (tertiary/aromatic N) is 2. The van der Waals surface area contributed by atoms with Gasteiger partial charge in [0, 0.05) is 19.5 Å². The molecule has 2 amide bonds. The van der Waals surface area contributed by atoms with Crippen LogP contribution in [0.2, 0.25) is 0 Å². The predicted octanol–water partition coefficient (Wildman–Crippen LogP) is 3.55. The predicted molar refractivity (Wildman–Crippen MR) is 117 cm³/mol. The van der Waals surface area contributed by atoms with Gasteiger partial charge in [-0.25, -0.2) is 0 Å². The molecule has 2 aliphatic carbocycles. The maximum absolute atomic E-state index is 12.6. The first-order valence-corrected chi connectivity index (χ1v) is 10.7. The normalized spacial score (nSPS) is 22.8. The van der Waals surface area contributed by atoms with Crippen LogP contribution in [0.3, 0.4) is 0 Å². The van der Waals surface area contributed by atoms with Crippen LogP contribution in [0.1, 0.15) is 36.4 Å². The maximum atomic E-state index is 12.6. The molecule has 31 heavy (non-hydrogen) atoms. The van der Waals surface area contributed by atoms with E-state index < -0.39 is 0 Å². The van der Waals surface area contributed by atoms with E-state index in [1.165, 1.54) is 17.0 Å². The van der Waals surface area contributed by atoms with Crippen LogP contribution >= 0.6 is 0 Å². The van der Waals surface area contributed by atoms with Gasteiger partial charge in [0.1, 0.15) is 0 Å². The maximum Gasteiger partial charge on any atom is 2.00 e. The van der Waals surface area contributed by atoms with Crippen molar-refractivity contribution in [1.29, 1.82) is 0 Å². The molecule has 3 fully saturated rings. The molecule has 2 aliphatic heterocycles. The smallest absolute Gasteiger partial charge is 0.332 e. The SMILES string of the molecule is O=C(CCC[C]1[CH][CH][CH][CH]1)N1CC(=O)N2CCc3ccccc3C2C1.[CH]1[CH][CH][CH][CH]1.[Fe+2]. The molecule has 10 radical (unpaired) electrons. The fourth-order valence-corrected chi connectivity index (χ4v) is 4.37. The van der Waals surface area contributed by atoms with Gasteiger partial charge in [0.05, 0.1) is 12.6 Å². The van der Waals surface area contributed by atoms with Crippen molar-refractivity contribution in [3.8, 4) is 0 Å². The van der Waals surface area contributed by atoms with E-state index in [9.17, 15) is 9.59 Å². The zero-order valence-electron chi connectivity index (χ0n) is 17.6. The van der Waals surface area contributed by atoms with Gasteiger partial charge in [0.2, 0.25) is 11.8 Å². The Balaban J connectivity index is 0.000000401. The summed E-state index contributed by atoms with van der Waals surface area (Å²) in [5.74, 6) is 1.45. The van der Waals surface area contributed by atoms with Gasteiger partial charge >= 0.3 is 17.1 Å². The summed E-state index contributed by atoms with van der Waals surface area (Å²) in [5.41, 5.74) is 2.51. The first-order valence-electron chi connectivity index (χ1n) is 10.7. The fourth-order valence-electron chi connectivity index (χ4n) is 4.37. The third-order valence-electron chi connectivity index (χ3n) is 5.95. The summed E-state index contributed by atoms with van der Waals surface area (Å²) in [7, 11) is 0. The molecule has 2 heterocycles. The second-order valence-corrected chi connectivity index (χ2v) is 7.93. The topological polar surface area (TPSA) is 40.6 Å². The van der Waals surface area contributed by atoms with Crippen molar-refractivity contribution >= 4 is 11.8 Å². The van der Waals surface area contributed by atoms with E-state index in [4.69, 9.17) is 0 Å². The summed E-state index contributed by atoms with van der Waals surface area (Å²) >= 11 is 0. The molecule has 5 heteroatoms. The first kappa shape index (κ1) is 24.3. The Bertz CT molecular complexity index is 720. The summed E-state index contributed by atoms with van der Waals surface area (Å²) in [4.78, 5) is 28.9. The van der Waals surface area contributed by atoms with Crippen molar-refractivity contribution in [1.82, 2.24) is 9.80 Å². The van der Waals surface area contributed by atoms with Crippen LogP contribution in [-0.2, 0) is 33.1 Å². The van der Waals surface area contributed by atoms with Gasteiger partial charge in [0.15, 0.2) is 0 Å². The standard InChI is InChI=1S/C21H23N2O2.C5H5.Fe/c24-20(11-5-8-16-6-1-2-7-16)22-14-19-18-10-4-3-9-17(18)12-13-23(19)21(25)15-22;1-2-4-5-3-1;/h1-4,6-7,9-10,19H,5,8,11-15H2;1-5H;/q;;+2. The average Bonchev–Trinajstić information content (AvgIpc) is 3.50. The quantitative estimate of drug-likeness (QED) is 0.651. The van der Waals surface area contributed by atoms with E-state index in [1.807, 2.05) is 62.0 Å². The third kappa shape index (κ3) is 6.35. The molecule has 0 aromatic heterocycles. The van der Waals surface area contributed by atoms with Gasteiger partial charge in [-0.3, -0.25) is 9.59 Å². The second-order valence-electron chi connectivity index (χ2n) is 7.93. The molecule has 1 unspecified atom stereocenters. The molecular weight excluding hydrogens is 428 g/mol. The van der Waals surface area contributed by atoms with E-state index in [0.717, 1.165) is 25.8 Å². The van der Waals surface area contributed by atoms with Crippen LogP contribution in [0, 0.1) is 63.7 Å². The Hall–Kier alpha value is -1.32. The molecule has 2 saturated carbocycles. The number of carbonyl (C=O) groups excluding carboxylic acids is 2. The van der Waals surface area contributed by atoms with Crippen LogP contribution in [-0.4, -0.2) is 41.2 Å². The number of hydrogen-bond acceptors (Lipinski definition) is 2.